The summed E-state index contributed by atoms with van der Waals surface area (Å²) < 4.78 is 5.48. The number of hydrogen-bond acceptors (Lipinski definition) is 3. The highest BCUT2D eigenvalue weighted by molar-refractivity contribution is 5.46. The van der Waals surface area contributed by atoms with Gasteiger partial charge in [-0.1, -0.05) is 12.1 Å². The molecule has 3 heteroatoms. The van der Waals surface area contributed by atoms with Crippen LogP contribution in [0.3, 0.4) is 0 Å². The number of ether oxygens (including phenoxy) is 1. The van der Waals surface area contributed by atoms with Gasteiger partial charge in [0.05, 0.1) is 6.61 Å². The van der Waals surface area contributed by atoms with Gasteiger partial charge >= 0.3 is 0 Å². The van der Waals surface area contributed by atoms with Gasteiger partial charge in [-0.3, -0.25) is 0 Å². The summed E-state index contributed by atoms with van der Waals surface area (Å²) in [6, 6.07) is 9.20. The molecule has 0 radical (unpaired) electrons. The van der Waals surface area contributed by atoms with Crippen LogP contribution in [-0.4, -0.2) is 34.4 Å². The van der Waals surface area contributed by atoms with Crippen molar-refractivity contribution in [2.24, 2.45) is 5.92 Å². The van der Waals surface area contributed by atoms with Crippen LogP contribution in [0.5, 0.6) is 0 Å². The van der Waals surface area contributed by atoms with Crippen molar-refractivity contribution in [2.45, 2.75) is 12.5 Å². The van der Waals surface area contributed by atoms with Crippen molar-refractivity contribution in [3.8, 4) is 0 Å². The fourth-order valence-electron chi connectivity index (χ4n) is 2.47. The molecule has 1 aliphatic heterocycles. The molecule has 2 unspecified atom stereocenters. The lowest BCUT2D eigenvalue weighted by Crippen LogP contribution is -2.25. The highest BCUT2D eigenvalue weighted by atomic mass is 16.5. The summed E-state index contributed by atoms with van der Waals surface area (Å²) in [6.07, 6.45) is 1.15. The SMILES string of the molecule is CNC(c1ccc(N(C)C)cc1)C1CCOC1. The Balaban J connectivity index is 2.13. The normalized spacial score (nSPS) is 21.5. The van der Waals surface area contributed by atoms with E-state index in [0.29, 0.717) is 12.0 Å². The fourth-order valence-corrected chi connectivity index (χ4v) is 2.47. The van der Waals surface area contributed by atoms with E-state index < -0.39 is 0 Å². The van der Waals surface area contributed by atoms with Crippen LogP contribution in [0.25, 0.3) is 0 Å². The average Bonchev–Trinajstić information content (AvgIpc) is 2.84. The molecule has 1 N–H and O–H groups in total. The lowest BCUT2D eigenvalue weighted by Gasteiger charge is -2.23. The Morgan fingerprint density at radius 3 is 2.47 bits per heavy atom. The summed E-state index contributed by atoms with van der Waals surface area (Å²) in [4.78, 5) is 2.12. The van der Waals surface area contributed by atoms with E-state index in [1.165, 1.54) is 11.3 Å². The Morgan fingerprint density at radius 2 is 2.00 bits per heavy atom. The third kappa shape index (κ3) is 2.79. The van der Waals surface area contributed by atoms with Crippen molar-refractivity contribution in [2.75, 3.05) is 39.3 Å². The number of nitrogens with zero attached hydrogens (tertiary/aromatic N) is 1. The molecule has 1 aromatic rings. The molecule has 0 aliphatic carbocycles. The second-order valence-corrected chi connectivity index (χ2v) is 4.88. The van der Waals surface area contributed by atoms with Gasteiger partial charge in [0, 0.05) is 38.3 Å². The molecule has 1 heterocycles. The van der Waals surface area contributed by atoms with Crippen LogP contribution in [0.2, 0.25) is 0 Å². The summed E-state index contributed by atoms with van der Waals surface area (Å²) in [5.74, 6) is 0.602. The first-order valence-corrected chi connectivity index (χ1v) is 6.24. The third-order valence-corrected chi connectivity index (χ3v) is 3.52. The Kier molecular flexibility index (Phi) is 4.02. The van der Waals surface area contributed by atoms with E-state index in [1.54, 1.807) is 0 Å². The molecular formula is C14H22N2O. The van der Waals surface area contributed by atoms with Crippen LogP contribution in [0.15, 0.2) is 24.3 Å². The molecule has 2 atom stereocenters. The van der Waals surface area contributed by atoms with Crippen LogP contribution >= 0.6 is 0 Å². The van der Waals surface area contributed by atoms with Gasteiger partial charge in [-0.25, -0.2) is 0 Å². The van der Waals surface area contributed by atoms with Crippen LogP contribution in [-0.2, 0) is 4.74 Å². The van der Waals surface area contributed by atoms with E-state index in [1.807, 2.05) is 7.05 Å². The van der Waals surface area contributed by atoms with Crippen LogP contribution in [0, 0.1) is 5.92 Å². The average molecular weight is 234 g/mol. The molecule has 0 saturated carbocycles. The third-order valence-electron chi connectivity index (χ3n) is 3.52. The van der Waals surface area contributed by atoms with Gasteiger partial charge in [0.25, 0.3) is 0 Å². The van der Waals surface area contributed by atoms with Gasteiger partial charge in [-0.15, -0.1) is 0 Å². The summed E-state index contributed by atoms with van der Waals surface area (Å²) >= 11 is 0. The van der Waals surface area contributed by atoms with Crippen molar-refractivity contribution in [1.29, 1.82) is 0 Å². The molecule has 3 nitrogen and oxygen atoms in total. The summed E-state index contributed by atoms with van der Waals surface area (Å²) in [7, 11) is 6.16. The largest absolute Gasteiger partial charge is 0.381 e. The van der Waals surface area contributed by atoms with Crippen LogP contribution in [0.4, 0.5) is 5.69 Å². The van der Waals surface area contributed by atoms with Crippen LogP contribution < -0.4 is 10.2 Å². The van der Waals surface area contributed by atoms with E-state index in [-0.39, 0.29) is 0 Å². The van der Waals surface area contributed by atoms with Crippen molar-refractivity contribution >= 4 is 5.69 Å². The van der Waals surface area contributed by atoms with Crippen LogP contribution in [0.1, 0.15) is 18.0 Å². The standard InChI is InChI=1S/C14H22N2O/c1-15-14(12-8-9-17-10-12)11-4-6-13(7-5-11)16(2)3/h4-7,12,14-15H,8-10H2,1-3H3. The predicted molar refractivity (Wildman–Crippen MR) is 71.5 cm³/mol. The van der Waals surface area contributed by atoms with Crippen molar-refractivity contribution < 1.29 is 4.74 Å². The molecule has 0 bridgehead atoms. The van der Waals surface area contributed by atoms with Gasteiger partial charge < -0.3 is 15.0 Å². The number of nitrogens with one attached hydrogen (secondary N) is 1. The Bertz CT molecular complexity index is 342. The molecule has 0 amide bonds. The number of hydrogen-bond donors (Lipinski definition) is 1. The Hall–Kier alpha value is -1.06. The minimum absolute atomic E-state index is 0.411. The zero-order valence-corrected chi connectivity index (χ0v) is 10.9. The van der Waals surface area contributed by atoms with Crippen molar-refractivity contribution in [1.82, 2.24) is 5.32 Å². The molecule has 1 aliphatic rings. The van der Waals surface area contributed by atoms with Gasteiger partial charge in [-0.2, -0.15) is 0 Å². The molecule has 0 spiro atoms. The minimum atomic E-state index is 0.411. The van der Waals surface area contributed by atoms with E-state index >= 15 is 0 Å². The molecule has 1 saturated heterocycles. The van der Waals surface area contributed by atoms with Gasteiger partial charge in [0.2, 0.25) is 0 Å². The quantitative estimate of drug-likeness (QED) is 0.863. The van der Waals surface area contributed by atoms with Crippen molar-refractivity contribution in [3.05, 3.63) is 29.8 Å². The lowest BCUT2D eigenvalue weighted by molar-refractivity contribution is 0.178. The number of benzene rings is 1. The predicted octanol–water partition coefficient (Wildman–Crippen LogP) is 2.05. The fraction of sp³-hybridized carbons (Fsp3) is 0.571. The number of rotatable bonds is 4. The molecule has 94 valence electrons. The Morgan fingerprint density at radius 1 is 1.29 bits per heavy atom. The van der Waals surface area contributed by atoms with Gasteiger partial charge in [0.15, 0.2) is 0 Å². The zero-order valence-electron chi connectivity index (χ0n) is 10.9. The van der Waals surface area contributed by atoms with E-state index in [4.69, 9.17) is 4.74 Å². The summed E-state index contributed by atoms with van der Waals surface area (Å²) in [5, 5.41) is 3.42. The Labute approximate surface area is 104 Å². The first-order valence-electron chi connectivity index (χ1n) is 6.24. The highest BCUT2D eigenvalue weighted by Crippen LogP contribution is 2.29. The topological polar surface area (TPSA) is 24.5 Å². The van der Waals surface area contributed by atoms with Crippen molar-refractivity contribution in [3.63, 3.8) is 0 Å². The molecule has 2 rings (SSSR count). The summed E-state index contributed by atoms with van der Waals surface area (Å²) in [6.45, 7) is 1.78. The maximum Gasteiger partial charge on any atom is 0.0513 e. The minimum Gasteiger partial charge on any atom is -0.381 e. The van der Waals surface area contributed by atoms with E-state index in [0.717, 1.165) is 19.6 Å². The van der Waals surface area contributed by atoms with Gasteiger partial charge in [0.1, 0.15) is 0 Å². The molecule has 17 heavy (non-hydrogen) atoms. The van der Waals surface area contributed by atoms with E-state index in [9.17, 15) is 0 Å². The first kappa shape index (κ1) is 12.4. The van der Waals surface area contributed by atoms with E-state index in [2.05, 4.69) is 48.6 Å². The summed E-state index contributed by atoms with van der Waals surface area (Å²) in [5.41, 5.74) is 2.60. The zero-order chi connectivity index (χ0) is 12.3. The highest BCUT2D eigenvalue weighted by Gasteiger charge is 2.25. The lowest BCUT2D eigenvalue weighted by atomic mass is 9.92. The smallest absolute Gasteiger partial charge is 0.0513 e. The molecule has 1 aromatic carbocycles. The second-order valence-electron chi connectivity index (χ2n) is 4.88. The van der Waals surface area contributed by atoms with Gasteiger partial charge in [-0.05, 0) is 31.2 Å². The second kappa shape index (κ2) is 5.52. The monoisotopic (exact) mass is 234 g/mol. The first-order chi connectivity index (χ1) is 8.22. The molecule has 0 aromatic heterocycles. The maximum atomic E-state index is 5.48. The maximum absolute atomic E-state index is 5.48. The number of anilines is 1. The molecular weight excluding hydrogens is 212 g/mol. The molecule has 1 fully saturated rings.